The van der Waals surface area contributed by atoms with Gasteiger partial charge in [0.25, 0.3) is 5.69 Å². The van der Waals surface area contributed by atoms with Crippen LogP contribution in [0.1, 0.15) is 12.5 Å². The fourth-order valence-electron chi connectivity index (χ4n) is 1.99. The summed E-state index contributed by atoms with van der Waals surface area (Å²) in [5, 5.41) is 25.3. The lowest BCUT2D eigenvalue weighted by atomic mass is 9.93. The molecule has 1 unspecified atom stereocenters. The summed E-state index contributed by atoms with van der Waals surface area (Å²) in [5.41, 5.74) is -0.348. The van der Waals surface area contributed by atoms with E-state index in [0.717, 1.165) is 0 Å². The average molecular weight is 310 g/mol. The number of nitrogens with one attached hydrogen (secondary N) is 2. The van der Waals surface area contributed by atoms with Crippen molar-refractivity contribution in [1.82, 2.24) is 5.32 Å². The molecule has 1 atom stereocenters. The Hall–Kier alpha value is -3.40. The van der Waals surface area contributed by atoms with Crippen LogP contribution in [0.4, 0.5) is 16.2 Å². The number of nitro benzene ring substituents is 1. The molecule has 0 aliphatic heterocycles. The molecule has 0 spiro atoms. The monoisotopic (exact) mass is 310 g/mol. The summed E-state index contributed by atoms with van der Waals surface area (Å²) >= 11 is 0. The van der Waals surface area contributed by atoms with Crippen LogP contribution < -0.4 is 10.6 Å². The van der Waals surface area contributed by atoms with Gasteiger partial charge in [-0.3, -0.25) is 10.1 Å². The van der Waals surface area contributed by atoms with Crippen molar-refractivity contribution in [2.24, 2.45) is 0 Å². The first-order chi connectivity index (χ1) is 10.9. The number of carbonyl (C=O) groups is 1. The fourth-order valence-corrected chi connectivity index (χ4v) is 1.99. The van der Waals surface area contributed by atoms with E-state index in [1.54, 1.807) is 24.3 Å². The summed E-state index contributed by atoms with van der Waals surface area (Å²) in [7, 11) is 0. The maximum atomic E-state index is 12.1. The number of nitro groups is 1. The molecule has 0 heterocycles. The molecule has 0 saturated heterocycles. The van der Waals surface area contributed by atoms with E-state index in [0.29, 0.717) is 11.3 Å². The highest BCUT2D eigenvalue weighted by molar-refractivity contribution is 5.90. The molecule has 2 N–H and O–H groups in total. The van der Waals surface area contributed by atoms with Crippen molar-refractivity contribution in [2.75, 3.05) is 5.32 Å². The van der Waals surface area contributed by atoms with E-state index in [-0.39, 0.29) is 5.69 Å². The Kier molecular flexibility index (Phi) is 4.57. The molecule has 23 heavy (non-hydrogen) atoms. The fraction of sp³-hybridized carbons (Fsp3) is 0.125. The summed E-state index contributed by atoms with van der Waals surface area (Å²) in [5.74, 6) is 0. The van der Waals surface area contributed by atoms with Gasteiger partial charge in [0, 0.05) is 17.8 Å². The Morgan fingerprint density at radius 1 is 1.17 bits per heavy atom. The molecule has 0 aliphatic rings. The highest BCUT2D eigenvalue weighted by atomic mass is 16.6. The average Bonchev–Trinajstić information content (AvgIpc) is 2.55. The van der Waals surface area contributed by atoms with Crippen LogP contribution in [0.25, 0.3) is 0 Å². The minimum Gasteiger partial charge on any atom is -0.316 e. The van der Waals surface area contributed by atoms with Crippen LogP contribution in [0, 0.1) is 21.4 Å². The highest BCUT2D eigenvalue weighted by Crippen LogP contribution is 2.23. The Bertz CT molecular complexity index is 753. The van der Waals surface area contributed by atoms with Crippen molar-refractivity contribution in [3.63, 3.8) is 0 Å². The zero-order chi connectivity index (χ0) is 16.9. The lowest BCUT2D eigenvalue weighted by Gasteiger charge is -2.23. The van der Waals surface area contributed by atoms with E-state index in [1.807, 2.05) is 12.1 Å². The van der Waals surface area contributed by atoms with Gasteiger partial charge < -0.3 is 10.6 Å². The quantitative estimate of drug-likeness (QED) is 0.667. The number of benzene rings is 2. The lowest BCUT2D eigenvalue weighted by Crippen LogP contribution is -2.44. The summed E-state index contributed by atoms with van der Waals surface area (Å²) in [4.78, 5) is 22.2. The zero-order valence-electron chi connectivity index (χ0n) is 12.3. The van der Waals surface area contributed by atoms with E-state index in [4.69, 9.17) is 0 Å². The summed E-state index contributed by atoms with van der Waals surface area (Å²) < 4.78 is 0. The van der Waals surface area contributed by atoms with Crippen molar-refractivity contribution >= 4 is 17.4 Å². The number of urea groups is 1. The molecule has 0 radical (unpaired) electrons. The maximum Gasteiger partial charge on any atom is 0.320 e. The number of hydrogen-bond acceptors (Lipinski definition) is 4. The van der Waals surface area contributed by atoms with Crippen LogP contribution in [-0.4, -0.2) is 11.0 Å². The molecule has 0 aromatic heterocycles. The number of anilines is 1. The van der Waals surface area contributed by atoms with E-state index in [1.165, 1.54) is 31.2 Å². The smallest absolute Gasteiger partial charge is 0.316 e. The van der Waals surface area contributed by atoms with Gasteiger partial charge in [-0.25, -0.2) is 4.79 Å². The van der Waals surface area contributed by atoms with E-state index >= 15 is 0 Å². The van der Waals surface area contributed by atoms with Crippen molar-refractivity contribution < 1.29 is 9.72 Å². The third-order valence-corrected chi connectivity index (χ3v) is 3.27. The number of rotatable bonds is 4. The molecular weight excluding hydrogens is 296 g/mol. The molecular formula is C16H14N4O3. The second-order valence-corrected chi connectivity index (χ2v) is 4.99. The van der Waals surface area contributed by atoms with E-state index < -0.39 is 16.5 Å². The largest absolute Gasteiger partial charge is 0.320 e. The first-order valence-electron chi connectivity index (χ1n) is 6.75. The van der Waals surface area contributed by atoms with Gasteiger partial charge >= 0.3 is 6.03 Å². The molecule has 2 aromatic carbocycles. The number of non-ortho nitro benzene ring substituents is 1. The lowest BCUT2D eigenvalue weighted by molar-refractivity contribution is -0.384. The van der Waals surface area contributed by atoms with Crippen LogP contribution in [0.5, 0.6) is 0 Å². The Morgan fingerprint density at radius 3 is 2.30 bits per heavy atom. The van der Waals surface area contributed by atoms with Crippen molar-refractivity contribution in [3.8, 4) is 6.07 Å². The molecule has 0 aliphatic carbocycles. The SMILES string of the molecule is CC(C#N)(NC(=O)Nc1ccccc1)c1ccc([N+](=O)[O-])cc1. The van der Waals surface area contributed by atoms with Gasteiger partial charge in [-0.2, -0.15) is 5.26 Å². The van der Waals surface area contributed by atoms with Crippen molar-refractivity contribution in [1.29, 1.82) is 5.26 Å². The molecule has 0 saturated carbocycles. The summed E-state index contributed by atoms with van der Waals surface area (Å²) in [6.07, 6.45) is 0. The molecule has 116 valence electrons. The molecule has 7 nitrogen and oxygen atoms in total. The van der Waals surface area contributed by atoms with Gasteiger partial charge in [0.15, 0.2) is 5.54 Å². The Labute approximate surface area is 132 Å². The Balaban J connectivity index is 2.15. The highest BCUT2D eigenvalue weighted by Gasteiger charge is 2.29. The predicted octanol–water partition coefficient (Wildman–Crippen LogP) is 3.16. The van der Waals surface area contributed by atoms with Crippen molar-refractivity contribution in [3.05, 3.63) is 70.3 Å². The minimum absolute atomic E-state index is 0.0808. The van der Waals surface area contributed by atoms with Crippen LogP contribution in [0.3, 0.4) is 0 Å². The summed E-state index contributed by atoms with van der Waals surface area (Å²) in [6.45, 7) is 1.53. The van der Waals surface area contributed by atoms with Gasteiger partial charge in [-0.1, -0.05) is 18.2 Å². The van der Waals surface area contributed by atoms with Gasteiger partial charge in [0.05, 0.1) is 11.0 Å². The second kappa shape index (κ2) is 6.58. The number of para-hydroxylation sites is 1. The van der Waals surface area contributed by atoms with Gasteiger partial charge in [0.2, 0.25) is 0 Å². The standard InChI is InChI=1S/C16H14N4O3/c1-16(11-17,12-7-9-14(10-8-12)20(22)23)19-15(21)18-13-5-3-2-4-6-13/h2-10H,1H3,(H2,18,19,21). The number of nitrogens with zero attached hydrogens (tertiary/aromatic N) is 2. The second-order valence-electron chi connectivity index (χ2n) is 4.99. The third-order valence-electron chi connectivity index (χ3n) is 3.27. The number of carbonyl (C=O) groups excluding carboxylic acids is 1. The first-order valence-corrected chi connectivity index (χ1v) is 6.75. The normalized spacial score (nSPS) is 12.5. The van der Waals surface area contributed by atoms with Crippen LogP contribution in [-0.2, 0) is 5.54 Å². The number of nitriles is 1. The molecule has 2 rings (SSSR count). The number of amides is 2. The molecule has 0 bridgehead atoms. The zero-order valence-corrected chi connectivity index (χ0v) is 12.3. The minimum atomic E-state index is -1.31. The molecule has 0 fully saturated rings. The van der Waals surface area contributed by atoms with Gasteiger partial charge in [-0.15, -0.1) is 0 Å². The predicted molar refractivity (Wildman–Crippen MR) is 84.7 cm³/mol. The van der Waals surface area contributed by atoms with Gasteiger partial charge in [-0.05, 0) is 36.8 Å². The first kappa shape index (κ1) is 16.0. The van der Waals surface area contributed by atoms with Crippen LogP contribution in [0.15, 0.2) is 54.6 Å². The van der Waals surface area contributed by atoms with Gasteiger partial charge in [0.1, 0.15) is 0 Å². The van der Waals surface area contributed by atoms with Crippen LogP contribution >= 0.6 is 0 Å². The Morgan fingerprint density at radius 2 is 1.78 bits per heavy atom. The van der Waals surface area contributed by atoms with Crippen molar-refractivity contribution in [2.45, 2.75) is 12.5 Å². The molecule has 7 heteroatoms. The molecule has 2 aromatic rings. The van der Waals surface area contributed by atoms with E-state index in [9.17, 15) is 20.2 Å². The third kappa shape index (κ3) is 3.83. The summed E-state index contributed by atoms with van der Waals surface area (Å²) in [6, 6.07) is 15.8. The van der Waals surface area contributed by atoms with Crippen LogP contribution in [0.2, 0.25) is 0 Å². The maximum absolute atomic E-state index is 12.1. The molecule has 2 amide bonds. The topological polar surface area (TPSA) is 108 Å². The van der Waals surface area contributed by atoms with E-state index in [2.05, 4.69) is 10.6 Å². The number of hydrogen-bond donors (Lipinski definition) is 2.